The van der Waals surface area contributed by atoms with Gasteiger partial charge in [-0.3, -0.25) is 0 Å². The normalized spacial score (nSPS) is 16.8. The summed E-state index contributed by atoms with van der Waals surface area (Å²) in [7, 11) is 0. The van der Waals surface area contributed by atoms with E-state index in [1.165, 1.54) is 0 Å². The fourth-order valence-electron chi connectivity index (χ4n) is 0.385. The highest BCUT2D eigenvalue weighted by Gasteiger charge is 2.13. The van der Waals surface area contributed by atoms with Gasteiger partial charge in [-0.25, -0.2) is 0 Å². The minimum Gasteiger partial charge on any atom is -0.394 e. The summed E-state index contributed by atoms with van der Waals surface area (Å²) in [5.74, 6) is 0. The van der Waals surface area contributed by atoms with E-state index in [0.29, 0.717) is 19.3 Å². The maximum atomic E-state index is 8.17. The smallest absolute Gasteiger partial charge is 0.100 e. The first kappa shape index (κ1) is 19.1. The Balaban J connectivity index is 0. The van der Waals surface area contributed by atoms with Crippen LogP contribution in [0.15, 0.2) is 0 Å². The fraction of sp³-hybridized carbons (Fsp3) is 1.00. The van der Waals surface area contributed by atoms with Gasteiger partial charge in [0.15, 0.2) is 0 Å². The van der Waals surface area contributed by atoms with Crippen molar-refractivity contribution in [3.8, 4) is 0 Å². The Hall–Kier alpha value is -0.280. The first-order chi connectivity index (χ1) is 8.12. The van der Waals surface area contributed by atoms with E-state index in [4.69, 9.17) is 30.3 Å². The van der Waals surface area contributed by atoms with E-state index in [1.807, 2.05) is 0 Å². The molecule has 1 aliphatic heterocycles. The molecule has 1 aliphatic rings. The monoisotopic (exact) mass is 256 g/mol. The van der Waals surface area contributed by atoms with Crippen molar-refractivity contribution in [2.24, 2.45) is 0 Å². The Morgan fingerprint density at radius 1 is 1.12 bits per heavy atom. The van der Waals surface area contributed by atoms with Gasteiger partial charge >= 0.3 is 0 Å². The summed E-state index contributed by atoms with van der Waals surface area (Å²) in [6.07, 6.45) is -0.370. The predicted octanol–water partition coefficient (Wildman–Crippen LogP) is -2.28. The fourth-order valence-corrected chi connectivity index (χ4v) is 0.385. The molecular formula is C10H24O7. The zero-order chi connectivity index (χ0) is 13.5. The van der Waals surface area contributed by atoms with E-state index in [1.54, 1.807) is 0 Å². The molecule has 0 bridgehead atoms. The third-order valence-corrected chi connectivity index (χ3v) is 1.39. The zero-order valence-corrected chi connectivity index (χ0v) is 10.2. The number of aliphatic hydroxyl groups excluding tert-OH is 5. The van der Waals surface area contributed by atoms with Crippen LogP contribution in [-0.2, 0) is 9.47 Å². The summed E-state index contributed by atoms with van der Waals surface area (Å²) in [6.45, 7) is 3.01. The van der Waals surface area contributed by atoms with Crippen molar-refractivity contribution in [1.82, 2.24) is 0 Å². The molecule has 1 saturated heterocycles. The quantitative estimate of drug-likeness (QED) is 0.268. The van der Waals surface area contributed by atoms with Crippen LogP contribution in [0.3, 0.4) is 0 Å². The Kier molecular flexibility index (Phi) is 17.6. The summed E-state index contributed by atoms with van der Waals surface area (Å²) in [5, 5.41) is 40.2. The summed E-state index contributed by atoms with van der Waals surface area (Å²) in [6, 6.07) is 0. The van der Waals surface area contributed by atoms with Gasteiger partial charge < -0.3 is 35.0 Å². The third-order valence-electron chi connectivity index (χ3n) is 1.39. The van der Waals surface area contributed by atoms with E-state index in [0.717, 1.165) is 6.61 Å². The molecule has 7 nitrogen and oxygen atoms in total. The Labute approximate surface area is 101 Å². The molecule has 7 heteroatoms. The lowest BCUT2D eigenvalue weighted by Gasteiger charge is -1.96. The van der Waals surface area contributed by atoms with Crippen LogP contribution in [0.1, 0.15) is 6.92 Å². The van der Waals surface area contributed by atoms with E-state index < -0.39 is 6.10 Å². The highest BCUT2D eigenvalue weighted by atomic mass is 16.6. The van der Waals surface area contributed by atoms with Gasteiger partial charge in [-0.2, -0.15) is 0 Å². The SMILES string of the molecule is CC1CO1.OCC(O)CO.OCCOCCO. The number of ether oxygens (including phenoxy) is 2. The van der Waals surface area contributed by atoms with Gasteiger partial charge in [-0.1, -0.05) is 0 Å². The molecule has 1 fully saturated rings. The van der Waals surface area contributed by atoms with Gasteiger partial charge in [0.25, 0.3) is 0 Å². The second kappa shape index (κ2) is 15.7. The molecule has 1 atom stereocenters. The summed E-state index contributed by atoms with van der Waals surface area (Å²) in [5.41, 5.74) is 0. The highest BCUT2D eigenvalue weighted by molar-refractivity contribution is 4.58. The van der Waals surface area contributed by atoms with E-state index in [-0.39, 0.29) is 26.4 Å². The molecule has 1 rings (SSSR count). The van der Waals surface area contributed by atoms with Crippen molar-refractivity contribution >= 4 is 0 Å². The van der Waals surface area contributed by atoms with E-state index in [9.17, 15) is 0 Å². The molecule has 1 heterocycles. The molecule has 0 aliphatic carbocycles. The molecule has 0 aromatic rings. The molecule has 1 unspecified atom stereocenters. The Morgan fingerprint density at radius 3 is 1.59 bits per heavy atom. The molecule has 0 aromatic carbocycles. The molecule has 0 aromatic heterocycles. The number of rotatable bonds is 6. The lowest BCUT2D eigenvalue weighted by Crippen LogP contribution is -2.15. The minimum atomic E-state index is -0.954. The maximum absolute atomic E-state index is 8.17. The van der Waals surface area contributed by atoms with Crippen molar-refractivity contribution < 1.29 is 35.0 Å². The Bertz CT molecular complexity index is 122. The molecular weight excluding hydrogens is 232 g/mol. The lowest BCUT2D eigenvalue weighted by molar-refractivity contribution is 0.0450. The van der Waals surface area contributed by atoms with Gasteiger partial charge in [0.2, 0.25) is 0 Å². The number of epoxide rings is 1. The van der Waals surface area contributed by atoms with Crippen molar-refractivity contribution in [3.05, 3.63) is 0 Å². The largest absolute Gasteiger partial charge is 0.394 e. The van der Waals surface area contributed by atoms with Crippen molar-refractivity contribution in [2.75, 3.05) is 46.2 Å². The number of aliphatic hydroxyl groups is 5. The van der Waals surface area contributed by atoms with Crippen LogP contribution in [0.25, 0.3) is 0 Å². The Morgan fingerprint density at radius 2 is 1.47 bits per heavy atom. The first-order valence-electron chi connectivity index (χ1n) is 5.43. The molecule has 5 N–H and O–H groups in total. The molecule has 106 valence electrons. The summed E-state index contributed by atoms with van der Waals surface area (Å²) < 4.78 is 9.34. The standard InChI is InChI=1S/C4H10O3.C3H8O3.C3H6O/c5-1-3-7-4-2-6;4-1-3(6)2-5;1-3-2-4-3/h5-6H,1-4H2;3-6H,1-2H2;3H,2H2,1H3. The first-order valence-corrected chi connectivity index (χ1v) is 5.43. The van der Waals surface area contributed by atoms with Crippen LogP contribution in [-0.4, -0.2) is 84.0 Å². The lowest BCUT2D eigenvalue weighted by atomic mass is 10.4. The van der Waals surface area contributed by atoms with Crippen molar-refractivity contribution in [3.63, 3.8) is 0 Å². The average Bonchev–Trinajstić information content (AvgIpc) is 3.13. The van der Waals surface area contributed by atoms with Crippen LogP contribution in [0.5, 0.6) is 0 Å². The van der Waals surface area contributed by atoms with Crippen LogP contribution in [0.2, 0.25) is 0 Å². The van der Waals surface area contributed by atoms with Crippen LogP contribution in [0.4, 0.5) is 0 Å². The molecule has 0 saturated carbocycles. The van der Waals surface area contributed by atoms with Gasteiger partial charge in [-0.05, 0) is 6.92 Å². The van der Waals surface area contributed by atoms with Crippen LogP contribution >= 0.6 is 0 Å². The second-order valence-electron chi connectivity index (χ2n) is 3.22. The molecule has 0 amide bonds. The molecule has 17 heavy (non-hydrogen) atoms. The van der Waals surface area contributed by atoms with E-state index in [2.05, 4.69) is 11.7 Å². The number of hydrogen-bond donors (Lipinski definition) is 5. The zero-order valence-electron chi connectivity index (χ0n) is 10.2. The van der Waals surface area contributed by atoms with Gasteiger partial charge in [0, 0.05) is 0 Å². The summed E-state index contributed by atoms with van der Waals surface area (Å²) >= 11 is 0. The van der Waals surface area contributed by atoms with Crippen LogP contribution < -0.4 is 0 Å². The highest BCUT2D eigenvalue weighted by Crippen LogP contribution is 2.04. The number of hydrogen-bond acceptors (Lipinski definition) is 7. The third kappa shape index (κ3) is 25.7. The maximum Gasteiger partial charge on any atom is 0.100 e. The van der Waals surface area contributed by atoms with Gasteiger partial charge in [0.1, 0.15) is 6.10 Å². The molecule has 0 radical (unpaired) electrons. The van der Waals surface area contributed by atoms with Gasteiger partial charge in [0.05, 0.1) is 52.4 Å². The van der Waals surface area contributed by atoms with Crippen molar-refractivity contribution in [1.29, 1.82) is 0 Å². The van der Waals surface area contributed by atoms with Gasteiger partial charge in [-0.15, -0.1) is 0 Å². The van der Waals surface area contributed by atoms with E-state index >= 15 is 0 Å². The second-order valence-corrected chi connectivity index (χ2v) is 3.22. The summed E-state index contributed by atoms with van der Waals surface area (Å²) in [4.78, 5) is 0. The topological polar surface area (TPSA) is 123 Å². The van der Waals surface area contributed by atoms with Crippen LogP contribution in [0, 0.1) is 0 Å². The molecule has 0 spiro atoms. The predicted molar refractivity (Wildman–Crippen MR) is 60.6 cm³/mol. The minimum absolute atomic E-state index is 0.0278. The average molecular weight is 256 g/mol. The van der Waals surface area contributed by atoms with Crippen molar-refractivity contribution in [2.45, 2.75) is 19.1 Å².